The van der Waals surface area contributed by atoms with E-state index in [0.717, 1.165) is 13.0 Å². The van der Waals surface area contributed by atoms with Crippen molar-refractivity contribution in [3.05, 3.63) is 41.0 Å². The van der Waals surface area contributed by atoms with Crippen LogP contribution in [0.4, 0.5) is 0 Å². The number of rotatable bonds is 2. The fourth-order valence-corrected chi connectivity index (χ4v) is 1.74. The van der Waals surface area contributed by atoms with E-state index in [9.17, 15) is 0 Å². The molecular formula is C14H17N. The molecule has 15 heavy (non-hydrogen) atoms. The Balaban J connectivity index is 2.17. The highest BCUT2D eigenvalue weighted by Gasteiger charge is 2.01. The highest BCUT2D eigenvalue weighted by Crippen LogP contribution is 2.17. The van der Waals surface area contributed by atoms with Crippen LogP contribution in [0.3, 0.4) is 0 Å². The molecule has 1 heterocycles. The van der Waals surface area contributed by atoms with E-state index < -0.39 is 0 Å². The Kier molecular flexibility index (Phi) is 3.00. The van der Waals surface area contributed by atoms with Crippen molar-refractivity contribution in [2.45, 2.75) is 26.2 Å². The maximum atomic E-state index is 4.21. The summed E-state index contributed by atoms with van der Waals surface area (Å²) >= 11 is 0. The first-order chi connectivity index (χ1) is 7.25. The van der Waals surface area contributed by atoms with Crippen molar-refractivity contribution in [2.24, 2.45) is 4.99 Å². The van der Waals surface area contributed by atoms with Crippen LogP contribution in [-0.2, 0) is 0 Å². The van der Waals surface area contributed by atoms with Crippen LogP contribution in [-0.4, -0.2) is 12.8 Å². The zero-order chi connectivity index (χ0) is 10.7. The maximum absolute atomic E-state index is 4.21. The molecule has 1 heteroatoms. The summed E-state index contributed by atoms with van der Waals surface area (Å²) in [5.74, 6) is 0.611. The summed E-state index contributed by atoms with van der Waals surface area (Å²) < 4.78 is 0. The van der Waals surface area contributed by atoms with Gasteiger partial charge in [0.15, 0.2) is 0 Å². The number of hydrogen-bond donors (Lipinski definition) is 0. The van der Waals surface area contributed by atoms with Crippen LogP contribution in [0.5, 0.6) is 0 Å². The molecule has 78 valence electrons. The molecule has 1 aliphatic rings. The van der Waals surface area contributed by atoms with E-state index in [-0.39, 0.29) is 0 Å². The smallest absolute Gasteiger partial charge is 0.0430 e. The van der Waals surface area contributed by atoms with Gasteiger partial charge in [0.05, 0.1) is 0 Å². The molecule has 0 aliphatic carbocycles. The van der Waals surface area contributed by atoms with Gasteiger partial charge in [0.25, 0.3) is 0 Å². The van der Waals surface area contributed by atoms with E-state index in [1.807, 2.05) is 6.21 Å². The average Bonchev–Trinajstić information content (AvgIpc) is 2.71. The minimum absolute atomic E-state index is 0.611. The second-order valence-electron chi connectivity index (χ2n) is 4.33. The van der Waals surface area contributed by atoms with E-state index in [1.165, 1.54) is 16.7 Å². The standard InChI is InChI=1S/C14H17N/c1-11(2)14-5-3-12(4-6-14)9-13-7-8-15-10-13/h3-6,9-11H,7-8H2,1-2H3/b13-9+. The second kappa shape index (κ2) is 4.43. The van der Waals surface area contributed by atoms with E-state index in [1.54, 1.807) is 0 Å². The third-order valence-corrected chi connectivity index (χ3v) is 2.74. The predicted octanol–water partition coefficient (Wildman–Crippen LogP) is 3.67. The van der Waals surface area contributed by atoms with Gasteiger partial charge in [-0.15, -0.1) is 0 Å². The van der Waals surface area contributed by atoms with Gasteiger partial charge in [-0.2, -0.15) is 0 Å². The van der Waals surface area contributed by atoms with Crippen LogP contribution in [0.15, 0.2) is 34.8 Å². The molecule has 0 saturated carbocycles. The summed E-state index contributed by atoms with van der Waals surface area (Å²) in [5, 5.41) is 0. The molecule has 1 nitrogen and oxygen atoms in total. The second-order valence-corrected chi connectivity index (χ2v) is 4.33. The van der Waals surface area contributed by atoms with Crippen LogP contribution >= 0.6 is 0 Å². The zero-order valence-electron chi connectivity index (χ0n) is 9.40. The first kappa shape index (κ1) is 10.2. The quantitative estimate of drug-likeness (QED) is 0.689. The van der Waals surface area contributed by atoms with Crippen molar-refractivity contribution >= 4 is 12.3 Å². The van der Waals surface area contributed by atoms with E-state index in [0.29, 0.717) is 5.92 Å². The SMILES string of the molecule is CC(C)c1ccc(/C=C2/C=NCC2)cc1. The lowest BCUT2D eigenvalue weighted by molar-refractivity contribution is 0.866. The highest BCUT2D eigenvalue weighted by molar-refractivity contribution is 5.87. The molecule has 2 rings (SSSR count). The summed E-state index contributed by atoms with van der Waals surface area (Å²) in [6, 6.07) is 8.80. The van der Waals surface area contributed by atoms with Crippen molar-refractivity contribution in [2.75, 3.05) is 6.54 Å². The molecule has 1 aliphatic heterocycles. The van der Waals surface area contributed by atoms with Gasteiger partial charge < -0.3 is 0 Å². The van der Waals surface area contributed by atoms with E-state index in [2.05, 4.69) is 49.2 Å². The van der Waals surface area contributed by atoms with Gasteiger partial charge in [-0.25, -0.2) is 0 Å². The van der Waals surface area contributed by atoms with Crippen LogP contribution in [0, 0.1) is 0 Å². The molecule has 0 unspecified atom stereocenters. The molecule has 0 radical (unpaired) electrons. The van der Waals surface area contributed by atoms with Gasteiger partial charge in [0.2, 0.25) is 0 Å². The molecule has 1 aromatic rings. The topological polar surface area (TPSA) is 12.4 Å². The lowest BCUT2D eigenvalue weighted by atomic mass is 10.0. The molecular weight excluding hydrogens is 182 g/mol. The number of nitrogens with zero attached hydrogens (tertiary/aromatic N) is 1. The Hall–Kier alpha value is -1.37. The zero-order valence-corrected chi connectivity index (χ0v) is 9.40. The molecule has 0 atom stereocenters. The predicted molar refractivity (Wildman–Crippen MR) is 66.5 cm³/mol. The van der Waals surface area contributed by atoms with Gasteiger partial charge in [-0.05, 0) is 29.0 Å². The minimum Gasteiger partial charge on any atom is -0.293 e. The third-order valence-electron chi connectivity index (χ3n) is 2.74. The van der Waals surface area contributed by atoms with Gasteiger partial charge in [0, 0.05) is 12.8 Å². The van der Waals surface area contributed by atoms with Crippen LogP contribution < -0.4 is 0 Å². The maximum Gasteiger partial charge on any atom is 0.0430 e. The average molecular weight is 199 g/mol. The fraction of sp³-hybridized carbons (Fsp3) is 0.357. The van der Waals surface area contributed by atoms with Crippen molar-refractivity contribution < 1.29 is 0 Å². The Morgan fingerprint density at radius 2 is 1.93 bits per heavy atom. The summed E-state index contributed by atoms with van der Waals surface area (Å²) in [4.78, 5) is 4.21. The van der Waals surface area contributed by atoms with Crippen LogP contribution in [0.25, 0.3) is 6.08 Å². The van der Waals surface area contributed by atoms with Gasteiger partial charge in [-0.1, -0.05) is 44.2 Å². The first-order valence-electron chi connectivity index (χ1n) is 5.56. The molecule has 0 bridgehead atoms. The lowest BCUT2D eigenvalue weighted by Gasteiger charge is -2.04. The number of benzene rings is 1. The Bertz CT molecular complexity index is 382. The summed E-state index contributed by atoms with van der Waals surface area (Å²) in [6.45, 7) is 5.39. The van der Waals surface area contributed by atoms with Gasteiger partial charge in [0.1, 0.15) is 0 Å². The third kappa shape index (κ3) is 2.56. The molecule has 0 fully saturated rings. The highest BCUT2D eigenvalue weighted by atomic mass is 14.7. The minimum atomic E-state index is 0.611. The van der Waals surface area contributed by atoms with Crippen LogP contribution in [0.2, 0.25) is 0 Å². The summed E-state index contributed by atoms with van der Waals surface area (Å²) in [6.07, 6.45) is 5.29. The van der Waals surface area contributed by atoms with Crippen molar-refractivity contribution in [1.82, 2.24) is 0 Å². The summed E-state index contributed by atoms with van der Waals surface area (Å²) in [5.41, 5.74) is 4.02. The molecule has 0 spiro atoms. The normalized spacial score (nSPS) is 17.9. The Morgan fingerprint density at radius 1 is 1.20 bits per heavy atom. The molecule has 0 aromatic heterocycles. The largest absolute Gasteiger partial charge is 0.293 e. The number of hydrogen-bond acceptors (Lipinski definition) is 1. The van der Waals surface area contributed by atoms with Crippen molar-refractivity contribution in [3.8, 4) is 0 Å². The van der Waals surface area contributed by atoms with Gasteiger partial charge >= 0.3 is 0 Å². The van der Waals surface area contributed by atoms with Crippen molar-refractivity contribution in [3.63, 3.8) is 0 Å². The molecule has 1 aromatic carbocycles. The number of aliphatic imine (C=N–C) groups is 1. The molecule has 0 saturated heterocycles. The first-order valence-corrected chi connectivity index (χ1v) is 5.56. The molecule has 0 amide bonds. The van der Waals surface area contributed by atoms with Gasteiger partial charge in [-0.3, -0.25) is 4.99 Å². The monoisotopic (exact) mass is 199 g/mol. The van der Waals surface area contributed by atoms with E-state index >= 15 is 0 Å². The summed E-state index contributed by atoms with van der Waals surface area (Å²) in [7, 11) is 0. The molecule has 0 N–H and O–H groups in total. The Morgan fingerprint density at radius 3 is 2.47 bits per heavy atom. The fourth-order valence-electron chi connectivity index (χ4n) is 1.74. The lowest BCUT2D eigenvalue weighted by Crippen LogP contribution is -1.86. The van der Waals surface area contributed by atoms with E-state index in [4.69, 9.17) is 0 Å². The Labute approximate surface area is 91.6 Å². The van der Waals surface area contributed by atoms with Crippen molar-refractivity contribution in [1.29, 1.82) is 0 Å². The van der Waals surface area contributed by atoms with Crippen LogP contribution in [0.1, 0.15) is 37.3 Å².